The first-order valence-corrected chi connectivity index (χ1v) is 7.02. The van der Waals surface area contributed by atoms with Crippen molar-refractivity contribution in [2.75, 3.05) is 20.2 Å². The van der Waals surface area contributed by atoms with Crippen molar-refractivity contribution in [2.45, 2.75) is 6.04 Å². The van der Waals surface area contributed by atoms with Crippen molar-refractivity contribution in [2.24, 2.45) is 5.73 Å². The van der Waals surface area contributed by atoms with Gasteiger partial charge in [0.25, 0.3) is 0 Å². The molecule has 0 unspecified atom stereocenters. The van der Waals surface area contributed by atoms with Crippen LogP contribution in [0.4, 0.5) is 4.39 Å². The molecule has 1 atom stereocenters. The number of rotatable bonds is 6. The minimum absolute atomic E-state index is 0.177. The molecule has 4 nitrogen and oxygen atoms in total. The molecule has 0 heterocycles. The zero-order chi connectivity index (χ0) is 15.9. The summed E-state index contributed by atoms with van der Waals surface area (Å²) < 4.78 is 18.7. The van der Waals surface area contributed by atoms with E-state index in [9.17, 15) is 9.18 Å². The van der Waals surface area contributed by atoms with E-state index in [1.54, 1.807) is 25.2 Å². The number of amides is 1. The summed E-state index contributed by atoms with van der Waals surface area (Å²) in [6.07, 6.45) is 0. The van der Waals surface area contributed by atoms with E-state index in [1.165, 1.54) is 11.0 Å². The average Bonchev–Trinajstić information content (AvgIpc) is 2.56. The summed E-state index contributed by atoms with van der Waals surface area (Å²) in [6, 6.07) is 14.6. The number of hydrogen-bond acceptors (Lipinski definition) is 3. The summed E-state index contributed by atoms with van der Waals surface area (Å²) in [6.45, 7) is 0.526. The van der Waals surface area contributed by atoms with Crippen LogP contribution < -0.4 is 10.5 Å². The Morgan fingerprint density at radius 2 is 1.82 bits per heavy atom. The molecular weight excluding hydrogens is 283 g/mol. The minimum Gasteiger partial charge on any atom is -0.489 e. The molecule has 5 heteroatoms. The SMILES string of the molecule is CN(CCOc1ccccc1F)C(=O)[C@@H](N)c1ccccc1. The number of benzene rings is 2. The summed E-state index contributed by atoms with van der Waals surface area (Å²) in [5.41, 5.74) is 6.71. The van der Waals surface area contributed by atoms with Gasteiger partial charge >= 0.3 is 0 Å². The van der Waals surface area contributed by atoms with Gasteiger partial charge in [-0.2, -0.15) is 0 Å². The van der Waals surface area contributed by atoms with Gasteiger partial charge in [0.2, 0.25) is 5.91 Å². The van der Waals surface area contributed by atoms with Crippen molar-refractivity contribution in [3.63, 3.8) is 0 Å². The molecule has 22 heavy (non-hydrogen) atoms. The Balaban J connectivity index is 1.85. The second-order valence-corrected chi connectivity index (χ2v) is 4.93. The quantitative estimate of drug-likeness (QED) is 0.891. The van der Waals surface area contributed by atoms with Crippen molar-refractivity contribution in [3.05, 3.63) is 66.0 Å². The van der Waals surface area contributed by atoms with Crippen molar-refractivity contribution in [1.82, 2.24) is 4.90 Å². The molecule has 0 bridgehead atoms. The minimum atomic E-state index is -0.709. The van der Waals surface area contributed by atoms with Gasteiger partial charge in [0.1, 0.15) is 12.6 Å². The standard InChI is InChI=1S/C17H19FN2O2/c1-20(11-12-22-15-10-6-5-9-14(15)18)17(21)16(19)13-7-3-2-4-8-13/h2-10,16H,11-12,19H2,1H3/t16-/m0/s1. The maximum atomic E-state index is 13.4. The van der Waals surface area contributed by atoms with E-state index >= 15 is 0 Å². The number of likely N-dealkylation sites (N-methyl/N-ethyl adjacent to an activating group) is 1. The number of nitrogens with two attached hydrogens (primary N) is 1. The fraction of sp³-hybridized carbons (Fsp3) is 0.235. The van der Waals surface area contributed by atoms with E-state index in [2.05, 4.69) is 0 Å². The lowest BCUT2D eigenvalue weighted by Gasteiger charge is -2.21. The number of hydrogen-bond donors (Lipinski definition) is 1. The van der Waals surface area contributed by atoms with E-state index in [0.717, 1.165) is 5.56 Å². The van der Waals surface area contributed by atoms with Gasteiger partial charge in [-0.1, -0.05) is 42.5 Å². The van der Waals surface area contributed by atoms with E-state index in [4.69, 9.17) is 10.5 Å². The van der Waals surface area contributed by atoms with Crippen LogP contribution in [0.3, 0.4) is 0 Å². The van der Waals surface area contributed by atoms with Crippen LogP contribution in [0, 0.1) is 5.82 Å². The fourth-order valence-electron chi connectivity index (χ4n) is 2.00. The third-order valence-corrected chi connectivity index (χ3v) is 3.32. The van der Waals surface area contributed by atoms with Crippen LogP contribution in [0.5, 0.6) is 5.75 Å². The number of para-hydroxylation sites is 1. The maximum Gasteiger partial charge on any atom is 0.243 e. The topological polar surface area (TPSA) is 55.6 Å². The molecule has 0 aromatic heterocycles. The third kappa shape index (κ3) is 4.05. The first-order valence-electron chi connectivity index (χ1n) is 7.02. The van der Waals surface area contributed by atoms with E-state index in [-0.39, 0.29) is 18.3 Å². The van der Waals surface area contributed by atoms with Crippen LogP contribution in [-0.4, -0.2) is 31.0 Å². The summed E-state index contributed by atoms with van der Waals surface area (Å²) >= 11 is 0. The van der Waals surface area contributed by atoms with Gasteiger partial charge in [0, 0.05) is 7.05 Å². The van der Waals surface area contributed by atoms with Gasteiger partial charge in [0.05, 0.1) is 6.54 Å². The molecule has 0 aliphatic carbocycles. The first-order chi connectivity index (χ1) is 10.6. The third-order valence-electron chi connectivity index (χ3n) is 3.32. The van der Waals surface area contributed by atoms with Crippen LogP contribution in [0.1, 0.15) is 11.6 Å². The molecule has 0 saturated heterocycles. The Labute approximate surface area is 129 Å². The number of carbonyl (C=O) groups excluding carboxylic acids is 1. The van der Waals surface area contributed by atoms with Crippen LogP contribution in [0.2, 0.25) is 0 Å². The Bertz CT molecular complexity index is 619. The zero-order valence-electron chi connectivity index (χ0n) is 12.4. The Kier molecular flexibility index (Phi) is 5.49. The lowest BCUT2D eigenvalue weighted by molar-refractivity contribution is -0.131. The first kappa shape index (κ1) is 16.0. The lowest BCUT2D eigenvalue weighted by atomic mass is 10.1. The highest BCUT2D eigenvalue weighted by atomic mass is 19.1. The van der Waals surface area contributed by atoms with Crippen LogP contribution >= 0.6 is 0 Å². The molecule has 2 rings (SSSR count). The average molecular weight is 302 g/mol. The molecule has 0 radical (unpaired) electrons. The van der Waals surface area contributed by atoms with Crippen LogP contribution in [0.15, 0.2) is 54.6 Å². The lowest BCUT2D eigenvalue weighted by Crippen LogP contribution is -2.38. The zero-order valence-corrected chi connectivity index (χ0v) is 12.4. The number of nitrogens with zero attached hydrogens (tertiary/aromatic N) is 1. The van der Waals surface area contributed by atoms with E-state index < -0.39 is 11.9 Å². The van der Waals surface area contributed by atoms with Crippen molar-refractivity contribution in [1.29, 1.82) is 0 Å². The number of ether oxygens (including phenoxy) is 1. The van der Waals surface area contributed by atoms with Crippen LogP contribution in [-0.2, 0) is 4.79 Å². The Morgan fingerprint density at radius 1 is 1.18 bits per heavy atom. The molecule has 2 N–H and O–H groups in total. The molecule has 0 aliphatic rings. The van der Waals surface area contributed by atoms with Crippen molar-refractivity contribution >= 4 is 5.91 Å². The second kappa shape index (κ2) is 7.56. The molecule has 2 aromatic carbocycles. The largest absolute Gasteiger partial charge is 0.489 e. The van der Waals surface area contributed by atoms with Gasteiger partial charge in [0.15, 0.2) is 11.6 Å². The van der Waals surface area contributed by atoms with Gasteiger partial charge in [-0.3, -0.25) is 4.79 Å². The molecule has 1 amide bonds. The van der Waals surface area contributed by atoms with Crippen molar-refractivity contribution < 1.29 is 13.9 Å². The second-order valence-electron chi connectivity index (χ2n) is 4.93. The number of halogens is 1. The summed E-state index contributed by atoms with van der Waals surface area (Å²) in [5, 5.41) is 0. The predicted molar refractivity (Wildman–Crippen MR) is 82.9 cm³/mol. The van der Waals surface area contributed by atoms with E-state index in [1.807, 2.05) is 30.3 Å². The summed E-state index contributed by atoms with van der Waals surface area (Å²) in [7, 11) is 1.65. The van der Waals surface area contributed by atoms with Crippen LogP contribution in [0.25, 0.3) is 0 Å². The summed E-state index contributed by atoms with van der Waals surface area (Å²) in [5.74, 6) is -0.448. The highest BCUT2D eigenvalue weighted by molar-refractivity contribution is 5.82. The van der Waals surface area contributed by atoms with Gasteiger partial charge in [-0.05, 0) is 17.7 Å². The van der Waals surface area contributed by atoms with E-state index in [0.29, 0.717) is 6.54 Å². The number of carbonyl (C=O) groups is 1. The fourth-order valence-corrected chi connectivity index (χ4v) is 2.00. The molecule has 116 valence electrons. The Hall–Kier alpha value is -2.40. The Morgan fingerprint density at radius 3 is 2.50 bits per heavy atom. The molecule has 0 saturated carbocycles. The molecular formula is C17H19FN2O2. The molecule has 0 spiro atoms. The van der Waals surface area contributed by atoms with Crippen molar-refractivity contribution in [3.8, 4) is 5.75 Å². The maximum absolute atomic E-state index is 13.4. The highest BCUT2D eigenvalue weighted by Crippen LogP contribution is 2.15. The monoisotopic (exact) mass is 302 g/mol. The van der Waals surface area contributed by atoms with Gasteiger partial charge in [-0.25, -0.2) is 4.39 Å². The highest BCUT2D eigenvalue weighted by Gasteiger charge is 2.19. The predicted octanol–water partition coefficient (Wildman–Crippen LogP) is 2.36. The summed E-state index contributed by atoms with van der Waals surface area (Å²) in [4.78, 5) is 13.7. The molecule has 2 aromatic rings. The molecule has 0 aliphatic heterocycles. The van der Waals surface area contributed by atoms with Gasteiger partial charge in [-0.15, -0.1) is 0 Å². The molecule has 0 fully saturated rings. The normalized spacial score (nSPS) is 11.8. The smallest absolute Gasteiger partial charge is 0.243 e. The van der Waals surface area contributed by atoms with Gasteiger partial charge < -0.3 is 15.4 Å².